The lowest BCUT2D eigenvalue weighted by atomic mass is 10.0. The average Bonchev–Trinajstić information content (AvgIpc) is 2.86. The average molecular weight is 554 g/mol. The second-order valence-electron chi connectivity index (χ2n) is 8.71. The van der Waals surface area contributed by atoms with Crippen molar-refractivity contribution in [3.63, 3.8) is 0 Å². The summed E-state index contributed by atoms with van der Waals surface area (Å²) in [5.74, 6) is -2.98. The van der Waals surface area contributed by atoms with Crippen LogP contribution in [0.4, 0.5) is 0 Å². The molecule has 0 aliphatic heterocycles. The maximum atomic E-state index is 13.1. The molecule has 0 aromatic heterocycles. The van der Waals surface area contributed by atoms with Crippen molar-refractivity contribution in [1.82, 2.24) is 16.0 Å². The maximum absolute atomic E-state index is 13.1. The van der Waals surface area contributed by atoms with E-state index in [1.165, 1.54) is 18.7 Å². The lowest BCUT2D eigenvalue weighted by Gasteiger charge is -2.26. The van der Waals surface area contributed by atoms with E-state index >= 15 is 0 Å². The number of carboxylic acid groups (broad SMARTS) is 1. The normalized spacial score (nSPS) is 14.7. The van der Waals surface area contributed by atoms with Crippen molar-refractivity contribution in [2.24, 2.45) is 22.2 Å². The van der Waals surface area contributed by atoms with Gasteiger partial charge in [0, 0.05) is 13.0 Å². The number of carbonyl (C=O) groups is 4. The highest BCUT2D eigenvalue weighted by molar-refractivity contribution is 7.98. The van der Waals surface area contributed by atoms with Crippen molar-refractivity contribution in [3.8, 4) is 0 Å². The molecule has 0 aliphatic carbocycles. The number of hydrogen-bond acceptors (Lipinski definition) is 8. The molecule has 5 atom stereocenters. The Balaban J connectivity index is 2.98. The van der Waals surface area contributed by atoms with E-state index in [-0.39, 0.29) is 31.8 Å². The minimum atomic E-state index is -1.41. The van der Waals surface area contributed by atoms with Gasteiger partial charge in [0.2, 0.25) is 17.7 Å². The molecule has 5 unspecified atom stereocenters. The minimum absolute atomic E-state index is 0.0536. The number of aliphatic hydroxyl groups is 1. The first-order valence-electron chi connectivity index (χ1n) is 12.1. The van der Waals surface area contributed by atoms with Crippen molar-refractivity contribution in [3.05, 3.63) is 35.9 Å². The molecule has 212 valence electrons. The van der Waals surface area contributed by atoms with E-state index in [4.69, 9.17) is 17.2 Å². The van der Waals surface area contributed by atoms with Crippen molar-refractivity contribution in [2.45, 2.75) is 62.9 Å². The molecule has 38 heavy (non-hydrogen) atoms. The molecule has 0 saturated carbocycles. The smallest absolute Gasteiger partial charge is 0.326 e. The zero-order valence-corrected chi connectivity index (χ0v) is 22.4. The highest BCUT2D eigenvalue weighted by Crippen LogP contribution is 2.07. The second-order valence-corrected chi connectivity index (χ2v) is 9.70. The van der Waals surface area contributed by atoms with Crippen LogP contribution in [-0.2, 0) is 25.6 Å². The second kappa shape index (κ2) is 17.2. The number of amides is 3. The van der Waals surface area contributed by atoms with Crippen LogP contribution in [0.3, 0.4) is 0 Å². The Morgan fingerprint density at radius 2 is 1.61 bits per heavy atom. The summed E-state index contributed by atoms with van der Waals surface area (Å²) >= 11 is 1.44. The molecule has 0 spiro atoms. The SMILES string of the molecule is CSCCC(NC(=O)C(Cc1ccccc1)NC(=O)C(NC(=O)C(N)CCCN=C(N)N)C(C)O)C(=O)O. The third-order valence-electron chi connectivity index (χ3n) is 5.51. The van der Waals surface area contributed by atoms with Crippen LogP contribution < -0.4 is 33.2 Å². The van der Waals surface area contributed by atoms with Gasteiger partial charge in [0.1, 0.15) is 18.1 Å². The van der Waals surface area contributed by atoms with Gasteiger partial charge in [-0.2, -0.15) is 11.8 Å². The summed E-state index contributed by atoms with van der Waals surface area (Å²) < 4.78 is 0. The molecule has 0 bridgehead atoms. The molecule has 1 aromatic rings. The summed E-state index contributed by atoms with van der Waals surface area (Å²) in [6, 6.07) is 4.10. The first-order valence-corrected chi connectivity index (χ1v) is 13.5. The van der Waals surface area contributed by atoms with E-state index in [1.807, 2.05) is 6.26 Å². The Bertz CT molecular complexity index is 943. The Morgan fingerprint density at radius 1 is 0.974 bits per heavy atom. The summed E-state index contributed by atoms with van der Waals surface area (Å²) in [6.45, 7) is 1.58. The van der Waals surface area contributed by atoms with Gasteiger partial charge < -0.3 is 43.4 Å². The number of guanidine groups is 1. The third-order valence-corrected chi connectivity index (χ3v) is 6.15. The topological polar surface area (TPSA) is 235 Å². The van der Waals surface area contributed by atoms with Crippen molar-refractivity contribution in [2.75, 3.05) is 18.6 Å². The van der Waals surface area contributed by atoms with Crippen molar-refractivity contribution < 1.29 is 29.4 Å². The molecular weight excluding hydrogens is 514 g/mol. The zero-order chi connectivity index (χ0) is 28.7. The van der Waals surface area contributed by atoms with Crippen molar-refractivity contribution in [1.29, 1.82) is 0 Å². The predicted molar refractivity (Wildman–Crippen MR) is 146 cm³/mol. The highest BCUT2D eigenvalue weighted by Gasteiger charge is 2.32. The van der Waals surface area contributed by atoms with Crippen LogP contribution in [-0.4, -0.2) is 88.7 Å². The van der Waals surface area contributed by atoms with Crippen LogP contribution in [0.2, 0.25) is 0 Å². The number of benzene rings is 1. The summed E-state index contributed by atoms with van der Waals surface area (Å²) in [6.07, 6.45) is 1.39. The molecular formula is C24H39N7O6S. The molecule has 0 fully saturated rings. The fourth-order valence-electron chi connectivity index (χ4n) is 3.40. The minimum Gasteiger partial charge on any atom is -0.480 e. The number of nitrogens with two attached hydrogens (primary N) is 3. The van der Waals surface area contributed by atoms with Gasteiger partial charge in [-0.3, -0.25) is 19.4 Å². The number of hydrogen-bond donors (Lipinski definition) is 8. The molecule has 0 radical (unpaired) electrons. The molecule has 14 heteroatoms. The van der Waals surface area contributed by atoms with E-state index in [9.17, 15) is 29.4 Å². The first kappa shape index (κ1) is 32.7. The number of carboxylic acids is 1. The summed E-state index contributed by atoms with van der Waals surface area (Å²) in [5.41, 5.74) is 17.1. The number of aliphatic hydroxyl groups excluding tert-OH is 1. The molecule has 1 aromatic carbocycles. The van der Waals surface area contributed by atoms with Crippen LogP contribution in [0.1, 0.15) is 31.7 Å². The van der Waals surface area contributed by atoms with Crippen LogP contribution in [0, 0.1) is 0 Å². The lowest BCUT2D eigenvalue weighted by molar-refractivity contribution is -0.142. The van der Waals surface area contributed by atoms with Gasteiger partial charge in [-0.1, -0.05) is 30.3 Å². The number of rotatable bonds is 17. The Kier molecular flexibility index (Phi) is 14.8. The Labute approximate surface area is 226 Å². The Hall–Kier alpha value is -3.36. The van der Waals surface area contributed by atoms with E-state index in [0.717, 1.165) is 0 Å². The molecule has 11 N–H and O–H groups in total. The highest BCUT2D eigenvalue weighted by atomic mass is 32.2. The van der Waals surface area contributed by atoms with Crippen LogP contribution in [0.15, 0.2) is 35.3 Å². The van der Waals surface area contributed by atoms with Gasteiger partial charge >= 0.3 is 5.97 Å². The molecule has 0 saturated heterocycles. The number of carbonyl (C=O) groups excluding carboxylic acids is 3. The Morgan fingerprint density at radius 3 is 2.16 bits per heavy atom. The van der Waals surface area contributed by atoms with E-state index in [2.05, 4.69) is 20.9 Å². The number of thioether (sulfide) groups is 1. The summed E-state index contributed by atoms with van der Waals surface area (Å²) in [5, 5.41) is 27.1. The number of aliphatic imine (C=N–C) groups is 1. The van der Waals surface area contributed by atoms with Crippen LogP contribution >= 0.6 is 11.8 Å². The van der Waals surface area contributed by atoms with Gasteiger partial charge in [0.25, 0.3) is 0 Å². The molecule has 13 nitrogen and oxygen atoms in total. The van der Waals surface area contributed by atoms with Gasteiger partial charge in [0.15, 0.2) is 5.96 Å². The van der Waals surface area contributed by atoms with E-state index in [1.54, 1.807) is 30.3 Å². The molecule has 3 amide bonds. The fourth-order valence-corrected chi connectivity index (χ4v) is 3.87. The van der Waals surface area contributed by atoms with E-state index < -0.39 is 54.0 Å². The van der Waals surface area contributed by atoms with Gasteiger partial charge in [-0.25, -0.2) is 4.79 Å². The maximum Gasteiger partial charge on any atom is 0.326 e. The lowest BCUT2D eigenvalue weighted by Crippen LogP contribution is -2.60. The number of aliphatic carboxylic acids is 1. The quantitative estimate of drug-likeness (QED) is 0.0617. The largest absolute Gasteiger partial charge is 0.480 e. The standard InChI is InChI=1S/C24H39N7O6S/c1-14(32)19(31-20(33)16(25)9-6-11-28-24(26)27)22(35)30-18(13-15-7-4-3-5-8-15)21(34)29-17(23(36)37)10-12-38-2/h3-5,7-8,14,16-19,32H,6,9-13,25H2,1-2H3,(H,29,34)(H,30,35)(H,31,33)(H,36,37)(H4,26,27,28). The third kappa shape index (κ3) is 12.3. The van der Waals surface area contributed by atoms with Crippen molar-refractivity contribution >= 4 is 41.4 Å². The summed E-state index contributed by atoms with van der Waals surface area (Å²) in [7, 11) is 0. The molecule has 0 aliphatic rings. The van der Waals surface area contributed by atoms with Gasteiger partial charge in [-0.15, -0.1) is 0 Å². The van der Waals surface area contributed by atoms with E-state index in [0.29, 0.717) is 17.7 Å². The molecule has 1 rings (SSSR count). The molecule has 0 heterocycles. The monoisotopic (exact) mass is 553 g/mol. The summed E-state index contributed by atoms with van der Waals surface area (Å²) in [4.78, 5) is 54.2. The predicted octanol–water partition coefficient (Wildman–Crippen LogP) is -1.72. The number of nitrogens with zero attached hydrogens (tertiary/aromatic N) is 1. The van der Waals surface area contributed by atoms with Gasteiger partial charge in [-0.05, 0) is 43.8 Å². The van der Waals surface area contributed by atoms with Crippen LogP contribution in [0.25, 0.3) is 0 Å². The van der Waals surface area contributed by atoms with Gasteiger partial charge in [0.05, 0.1) is 12.1 Å². The first-order chi connectivity index (χ1) is 18.0. The number of nitrogens with one attached hydrogen (secondary N) is 3. The van der Waals surface area contributed by atoms with Crippen LogP contribution in [0.5, 0.6) is 0 Å². The zero-order valence-electron chi connectivity index (χ0n) is 21.6. The fraction of sp³-hybridized carbons (Fsp3) is 0.542.